The van der Waals surface area contributed by atoms with Gasteiger partial charge in [0.2, 0.25) is 11.8 Å². The highest BCUT2D eigenvalue weighted by Crippen LogP contribution is 2.52. The molecule has 5 fully saturated rings. The molecule has 3 saturated carbocycles. The summed E-state index contributed by atoms with van der Waals surface area (Å²) >= 11 is 0. The van der Waals surface area contributed by atoms with Crippen molar-refractivity contribution in [2.45, 2.75) is 121 Å². The smallest absolute Gasteiger partial charge is 0.408 e. The summed E-state index contributed by atoms with van der Waals surface area (Å²) in [6, 6.07) is 7.66. The van der Waals surface area contributed by atoms with Gasteiger partial charge < -0.3 is 45.3 Å². The molecule has 5 N–H and O–H groups in total. The van der Waals surface area contributed by atoms with Crippen LogP contribution in [-0.4, -0.2) is 130 Å². The van der Waals surface area contributed by atoms with Crippen molar-refractivity contribution < 1.29 is 43.2 Å². The molecule has 3 aromatic rings. The number of likely N-dealkylation sites (tertiary alicyclic amines) is 1. The minimum Gasteiger partial charge on any atom is -0.492 e. The number of nitrogens with two attached hydrogens (primary N) is 1. The van der Waals surface area contributed by atoms with Crippen LogP contribution >= 0.6 is 0 Å². The van der Waals surface area contributed by atoms with Crippen molar-refractivity contribution in [1.82, 2.24) is 29.9 Å². The molecular formula is C46H64N8O9. The third kappa shape index (κ3) is 11.7. The van der Waals surface area contributed by atoms with E-state index in [9.17, 15) is 24.3 Å². The molecule has 8 atom stereocenters. The number of rotatable bonds is 22. The van der Waals surface area contributed by atoms with Crippen LogP contribution in [0.25, 0.3) is 16.7 Å². The van der Waals surface area contributed by atoms with Crippen molar-refractivity contribution >= 4 is 40.6 Å². The van der Waals surface area contributed by atoms with Gasteiger partial charge in [-0.05, 0) is 82.3 Å². The Morgan fingerprint density at radius 1 is 0.952 bits per heavy atom. The fourth-order valence-electron chi connectivity index (χ4n) is 9.68. The van der Waals surface area contributed by atoms with E-state index < -0.39 is 42.1 Å². The summed E-state index contributed by atoms with van der Waals surface area (Å²) in [5, 5.41) is 20.8. The Bertz CT molecular complexity index is 2080. The number of carbonyl (C=O) groups is 4. The van der Waals surface area contributed by atoms with E-state index in [1.54, 1.807) is 10.7 Å². The molecule has 2 aliphatic heterocycles. The standard InChI is InChI=1S/C46H64N8O9/c1-28(2)48-41-12-13-54(51-41)42-26-40(35-11-10-32(24-38(35)49-42)61-19-16-52-14-17-60-18-15-52)62-34-25-39(43(47)55)53(27-34)44(56)37(50-46(59)63-33-21-30-20-31(30)22-33)9-7-5-3-4-6-8-29-23-36(29)45(57)58/h10-13,24,26,28-31,33-34,36-37,39H,3-9,14-23,25,27H2,1-2H3,(H2,47,55)(H,48,51)(H,50,59)(H,57,58)/t29-,30-,31+,33?,34-,36+,37+,39+/m1/s1. The zero-order valence-corrected chi connectivity index (χ0v) is 36.6. The van der Waals surface area contributed by atoms with Crippen LogP contribution in [0.5, 0.6) is 11.5 Å². The van der Waals surface area contributed by atoms with Gasteiger partial charge in [-0.25, -0.2) is 14.5 Å². The first-order valence-corrected chi connectivity index (χ1v) is 23.1. The molecule has 3 amide bonds. The van der Waals surface area contributed by atoms with Crippen LogP contribution in [0.2, 0.25) is 0 Å². The lowest BCUT2D eigenvalue weighted by Crippen LogP contribution is -2.53. The van der Waals surface area contributed by atoms with Crippen LogP contribution in [0.1, 0.15) is 90.9 Å². The van der Waals surface area contributed by atoms with Gasteiger partial charge >= 0.3 is 12.1 Å². The van der Waals surface area contributed by atoms with E-state index >= 15 is 0 Å². The van der Waals surface area contributed by atoms with Crippen molar-refractivity contribution in [3.63, 3.8) is 0 Å². The number of anilines is 1. The minimum atomic E-state index is -0.948. The average Bonchev–Trinajstić information content (AvgIpc) is 4.01. The van der Waals surface area contributed by atoms with E-state index in [-0.39, 0.29) is 36.9 Å². The van der Waals surface area contributed by atoms with Gasteiger partial charge in [0.05, 0.1) is 31.2 Å². The lowest BCUT2D eigenvalue weighted by molar-refractivity contribution is -0.139. The fraction of sp³-hybridized carbons (Fsp3) is 0.652. The van der Waals surface area contributed by atoms with Crippen LogP contribution in [-0.2, 0) is 23.9 Å². The Kier molecular flexibility index (Phi) is 14.2. The number of alkyl carbamates (subject to hydrolysis) is 1. The molecule has 0 spiro atoms. The maximum Gasteiger partial charge on any atom is 0.408 e. The molecule has 342 valence electrons. The monoisotopic (exact) mass is 872 g/mol. The number of nitrogens with zero attached hydrogens (tertiary/aromatic N) is 5. The number of morpholine rings is 1. The SMILES string of the molecule is CC(C)Nc1ccn(-c2cc(O[C@@H]3C[C@@H](C(N)=O)N(C(=O)[C@H](CCCCCCC[C@@H]4C[C@@H]4C(=O)O)NC(=O)OC4C[C@@H]5C[C@@H]5C4)C3)c3ccc(OCCN4CCOCC4)cc3n2)n1. The van der Waals surface area contributed by atoms with Gasteiger partial charge in [-0.1, -0.05) is 32.1 Å². The largest absolute Gasteiger partial charge is 0.492 e. The summed E-state index contributed by atoms with van der Waals surface area (Å²) in [4.78, 5) is 60.7. The number of benzene rings is 1. The van der Waals surface area contributed by atoms with Crippen molar-refractivity contribution in [2.24, 2.45) is 29.4 Å². The number of hydrogen-bond donors (Lipinski definition) is 4. The zero-order chi connectivity index (χ0) is 44.0. The van der Waals surface area contributed by atoms with Crippen molar-refractivity contribution in [3.8, 4) is 17.3 Å². The molecule has 1 aromatic carbocycles. The number of aromatic nitrogens is 3. The Labute approximate surface area is 368 Å². The third-order valence-electron chi connectivity index (χ3n) is 13.3. The summed E-state index contributed by atoms with van der Waals surface area (Å²) in [6.07, 6.45) is 9.96. The number of unbranched alkanes of at least 4 members (excludes halogenated alkanes) is 4. The summed E-state index contributed by atoms with van der Waals surface area (Å²) in [7, 11) is 0. The van der Waals surface area contributed by atoms with Crippen LogP contribution in [0.15, 0.2) is 36.5 Å². The summed E-state index contributed by atoms with van der Waals surface area (Å²) in [5.74, 6) is 1.97. The molecule has 17 nitrogen and oxygen atoms in total. The summed E-state index contributed by atoms with van der Waals surface area (Å²) < 4.78 is 25.9. The topological polar surface area (TPSA) is 213 Å². The zero-order valence-electron chi connectivity index (χ0n) is 36.6. The molecule has 63 heavy (non-hydrogen) atoms. The molecule has 1 unspecified atom stereocenters. The Morgan fingerprint density at radius 3 is 2.48 bits per heavy atom. The second kappa shape index (κ2) is 20.1. The molecule has 5 aliphatic rings. The van der Waals surface area contributed by atoms with Gasteiger partial charge in [-0.2, -0.15) is 0 Å². The van der Waals surface area contributed by atoms with Crippen LogP contribution in [0, 0.1) is 23.7 Å². The number of fused-ring (bicyclic) bond motifs is 2. The van der Waals surface area contributed by atoms with Crippen LogP contribution < -0.4 is 25.8 Å². The Balaban J connectivity index is 0.956. The second-order valence-electron chi connectivity index (χ2n) is 18.5. The molecule has 17 heteroatoms. The highest BCUT2D eigenvalue weighted by Gasteiger charge is 2.48. The van der Waals surface area contributed by atoms with Gasteiger partial charge in [0, 0.05) is 61.9 Å². The number of amides is 3. The van der Waals surface area contributed by atoms with E-state index in [2.05, 4.69) is 15.5 Å². The number of carbonyl (C=O) groups excluding carboxylic acids is 3. The Hall–Kier alpha value is -5.16. The number of nitrogens with one attached hydrogen (secondary N) is 2. The average molecular weight is 873 g/mol. The van der Waals surface area contributed by atoms with Gasteiger partial charge in [-0.3, -0.25) is 19.3 Å². The van der Waals surface area contributed by atoms with Crippen molar-refractivity contribution in [1.29, 1.82) is 0 Å². The first-order valence-electron chi connectivity index (χ1n) is 23.1. The molecule has 3 aliphatic carbocycles. The first-order chi connectivity index (χ1) is 30.5. The lowest BCUT2D eigenvalue weighted by atomic mass is 10.0. The van der Waals surface area contributed by atoms with Crippen LogP contribution in [0.4, 0.5) is 10.6 Å². The molecule has 2 saturated heterocycles. The minimum absolute atomic E-state index is 0.0796. The van der Waals surface area contributed by atoms with Gasteiger partial charge in [-0.15, -0.1) is 5.10 Å². The van der Waals surface area contributed by atoms with Crippen molar-refractivity contribution in [2.75, 3.05) is 51.3 Å². The van der Waals surface area contributed by atoms with Gasteiger partial charge in [0.25, 0.3) is 0 Å². The molecule has 4 heterocycles. The van der Waals surface area contributed by atoms with Gasteiger partial charge in [0.15, 0.2) is 5.82 Å². The van der Waals surface area contributed by atoms with Crippen molar-refractivity contribution in [3.05, 3.63) is 36.5 Å². The molecular weight excluding hydrogens is 809 g/mol. The number of carboxylic acid groups (broad SMARTS) is 1. The predicted octanol–water partition coefficient (Wildman–Crippen LogP) is 5.13. The number of ether oxygens (including phenoxy) is 4. The number of primary amides is 1. The number of hydrogen-bond acceptors (Lipinski definition) is 12. The summed E-state index contributed by atoms with van der Waals surface area (Å²) in [5.41, 5.74) is 6.60. The molecule has 0 radical (unpaired) electrons. The first kappa shape index (κ1) is 44.4. The molecule has 2 aromatic heterocycles. The quantitative estimate of drug-likeness (QED) is 0.0966. The van der Waals surface area contributed by atoms with Gasteiger partial charge in [0.1, 0.15) is 48.2 Å². The van der Waals surface area contributed by atoms with Crippen LogP contribution in [0.3, 0.4) is 0 Å². The number of aliphatic carboxylic acids is 1. The van der Waals surface area contributed by atoms with E-state index in [0.717, 1.165) is 89.6 Å². The normalized spacial score (nSPS) is 25.7. The Morgan fingerprint density at radius 2 is 1.73 bits per heavy atom. The number of carboxylic acids is 1. The highest BCUT2D eigenvalue weighted by molar-refractivity contribution is 5.92. The number of pyridine rings is 1. The van der Waals surface area contributed by atoms with E-state index in [4.69, 9.17) is 34.8 Å². The predicted molar refractivity (Wildman–Crippen MR) is 234 cm³/mol. The van der Waals surface area contributed by atoms with E-state index in [0.29, 0.717) is 59.9 Å². The lowest BCUT2D eigenvalue weighted by Gasteiger charge is -2.28. The van der Waals surface area contributed by atoms with E-state index in [1.165, 1.54) is 11.3 Å². The molecule has 0 bridgehead atoms. The second-order valence-corrected chi connectivity index (χ2v) is 18.5. The molecule has 8 rings (SSSR count). The maximum atomic E-state index is 14.5. The fourth-order valence-corrected chi connectivity index (χ4v) is 9.68. The summed E-state index contributed by atoms with van der Waals surface area (Å²) in [6.45, 7) is 8.61. The van der Waals surface area contributed by atoms with E-state index in [1.807, 2.05) is 44.3 Å². The highest BCUT2D eigenvalue weighted by atomic mass is 16.6. The maximum absolute atomic E-state index is 14.5. The third-order valence-corrected chi connectivity index (χ3v) is 13.3.